The molecule has 104 valence electrons. The fraction of sp³-hybridized carbons (Fsp3) is 0.692. The number of rotatable bonds is 3. The Balaban J connectivity index is 1.70. The third kappa shape index (κ3) is 2.95. The first-order chi connectivity index (χ1) is 9.34. The maximum absolute atomic E-state index is 6.12. The molecule has 0 spiro atoms. The molecule has 0 saturated carbocycles. The third-order valence-electron chi connectivity index (χ3n) is 3.63. The molecule has 19 heavy (non-hydrogen) atoms. The van der Waals surface area contributed by atoms with Crippen molar-refractivity contribution in [2.45, 2.75) is 55.0 Å². The summed E-state index contributed by atoms with van der Waals surface area (Å²) in [6.07, 6.45) is 11.4. The standard InChI is InChI=1S/C13H20N4OS/c14-17-12(11-8-4-5-9-18-11)15-16-13(17)19-10-6-2-1-3-7-10/h2,6,10-11H,1,3-5,7-9,14H2/t10-,11-/m1/s1. The van der Waals surface area contributed by atoms with E-state index in [1.807, 2.05) is 0 Å². The summed E-state index contributed by atoms with van der Waals surface area (Å²) in [6, 6.07) is 0. The third-order valence-corrected chi connectivity index (χ3v) is 4.81. The molecule has 2 aliphatic rings. The molecule has 1 aromatic heterocycles. The molecule has 1 aromatic rings. The van der Waals surface area contributed by atoms with E-state index in [4.69, 9.17) is 10.6 Å². The Labute approximate surface area is 117 Å². The van der Waals surface area contributed by atoms with E-state index in [0.717, 1.165) is 30.4 Å². The van der Waals surface area contributed by atoms with Gasteiger partial charge >= 0.3 is 0 Å². The van der Waals surface area contributed by atoms with Crippen LogP contribution in [0.3, 0.4) is 0 Å². The van der Waals surface area contributed by atoms with E-state index in [2.05, 4.69) is 22.3 Å². The minimum atomic E-state index is 0.0162. The van der Waals surface area contributed by atoms with Gasteiger partial charge in [0.05, 0.1) is 0 Å². The van der Waals surface area contributed by atoms with Crippen molar-refractivity contribution in [1.82, 2.24) is 14.9 Å². The van der Waals surface area contributed by atoms with Crippen molar-refractivity contribution in [1.29, 1.82) is 0 Å². The number of nitrogens with two attached hydrogens (primary N) is 1. The number of aromatic nitrogens is 3. The number of thioether (sulfide) groups is 1. The maximum Gasteiger partial charge on any atom is 0.210 e. The van der Waals surface area contributed by atoms with Gasteiger partial charge in [-0.05, 0) is 38.5 Å². The van der Waals surface area contributed by atoms with Gasteiger partial charge in [0, 0.05) is 11.9 Å². The lowest BCUT2D eigenvalue weighted by atomic mass is 10.1. The molecule has 1 aliphatic carbocycles. The normalized spacial score (nSPS) is 27.6. The van der Waals surface area contributed by atoms with E-state index in [-0.39, 0.29) is 6.10 Å². The average molecular weight is 280 g/mol. The Morgan fingerprint density at radius 2 is 2.21 bits per heavy atom. The summed E-state index contributed by atoms with van der Waals surface area (Å²) in [4.78, 5) is 0. The van der Waals surface area contributed by atoms with Crippen molar-refractivity contribution >= 4 is 11.8 Å². The van der Waals surface area contributed by atoms with Crippen LogP contribution in [0.4, 0.5) is 0 Å². The second-order valence-electron chi connectivity index (χ2n) is 5.08. The first-order valence-corrected chi connectivity index (χ1v) is 7.88. The van der Waals surface area contributed by atoms with Crippen molar-refractivity contribution in [3.63, 3.8) is 0 Å². The molecule has 0 unspecified atom stereocenters. The highest BCUT2D eigenvalue weighted by Gasteiger charge is 2.24. The van der Waals surface area contributed by atoms with E-state index in [9.17, 15) is 0 Å². The molecule has 1 saturated heterocycles. The predicted octanol–water partition coefficient (Wildman–Crippen LogP) is 2.43. The van der Waals surface area contributed by atoms with Crippen LogP contribution < -0.4 is 5.84 Å². The van der Waals surface area contributed by atoms with Gasteiger partial charge in [-0.25, -0.2) is 4.68 Å². The van der Waals surface area contributed by atoms with Crippen LogP contribution in [0, 0.1) is 0 Å². The molecular weight excluding hydrogens is 260 g/mol. The second-order valence-corrected chi connectivity index (χ2v) is 6.29. The van der Waals surface area contributed by atoms with Gasteiger partial charge < -0.3 is 10.6 Å². The average Bonchev–Trinajstić information content (AvgIpc) is 2.82. The Hall–Kier alpha value is -1.01. The fourth-order valence-electron chi connectivity index (χ4n) is 2.55. The zero-order chi connectivity index (χ0) is 13.1. The van der Waals surface area contributed by atoms with E-state index < -0.39 is 0 Å². The highest BCUT2D eigenvalue weighted by molar-refractivity contribution is 7.99. The minimum Gasteiger partial charge on any atom is -0.370 e. The SMILES string of the molecule is Nn1c(S[C@@H]2C=CCCC2)nnc1[C@H]1CCCCO1. The first-order valence-electron chi connectivity index (χ1n) is 7.00. The second kappa shape index (κ2) is 5.96. The molecule has 2 heterocycles. The van der Waals surface area contributed by atoms with Gasteiger partial charge in [0.25, 0.3) is 0 Å². The summed E-state index contributed by atoms with van der Waals surface area (Å²) in [5.74, 6) is 6.88. The summed E-state index contributed by atoms with van der Waals surface area (Å²) in [7, 11) is 0. The molecule has 1 fully saturated rings. The summed E-state index contributed by atoms with van der Waals surface area (Å²) in [6.45, 7) is 0.797. The summed E-state index contributed by atoms with van der Waals surface area (Å²) >= 11 is 1.70. The maximum atomic E-state index is 6.12. The molecule has 0 aromatic carbocycles. The number of hydrogen-bond donors (Lipinski definition) is 1. The summed E-state index contributed by atoms with van der Waals surface area (Å²) in [5, 5.41) is 9.71. The largest absolute Gasteiger partial charge is 0.370 e. The molecule has 1 aliphatic heterocycles. The highest BCUT2D eigenvalue weighted by atomic mass is 32.2. The molecule has 3 rings (SSSR count). The predicted molar refractivity (Wildman–Crippen MR) is 75.4 cm³/mol. The highest BCUT2D eigenvalue weighted by Crippen LogP contribution is 2.31. The minimum absolute atomic E-state index is 0.0162. The van der Waals surface area contributed by atoms with E-state index in [0.29, 0.717) is 5.25 Å². The van der Waals surface area contributed by atoms with Gasteiger partial charge in [-0.1, -0.05) is 23.9 Å². The summed E-state index contributed by atoms with van der Waals surface area (Å²) < 4.78 is 7.34. The van der Waals surface area contributed by atoms with Gasteiger partial charge in [0.15, 0.2) is 5.82 Å². The molecular formula is C13H20N4OS. The molecule has 5 nitrogen and oxygen atoms in total. The molecule has 0 radical (unpaired) electrons. The Kier molecular flexibility index (Phi) is 4.08. The lowest BCUT2D eigenvalue weighted by Crippen LogP contribution is -2.21. The summed E-state index contributed by atoms with van der Waals surface area (Å²) in [5.41, 5.74) is 0. The van der Waals surface area contributed by atoms with E-state index in [1.165, 1.54) is 25.7 Å². The number of nitrogen functional groups attached to an aromatic ring is 1. The number of nitrogens with zero attached hydrogens (tertiary/aromatic N) is 3. The van der Waals surface area contributed by atoms with E-state index >= 15 is 0 Å². The van der Waals surface area contributed by atoms with Crippen LogP contribution in [0.2, 0.25) is 0 Å². The zero-order valence-electron chi connectivity index (χ0n) is 11.0. The van der Waals surface area contributed by atoms with Gasteiger partial charge in [0.2, 0.25) is 5.16 Å². The van der Waals surface area contributed by atoms with Crippen LogP contribution in [0.15, 0.2) is 17.3 Å². The van der Waals surface area contributed by atoms with Gasteiger partial charge in [-0.2, -0.15) is 0 Å². The molecule has 2 atom stereocenters. The van der Waals surface area contributed by atoms with Crippen molar-refractivity contribution < 1.29 is 4.74 Å². The topological polar surface area (TPSA) is 66.0 Å². The van der Waals surface area contributed by atoms with Crippen molar-refractivity contribution in [3.05, 3.63) is 18.0 Å². The van der Waals surface area contributed by atoms with Gasteiger partial charge in [0.1, 0.15) is 6.10 Å². The Bertz CT molecular complexity index is 453. The molecule has 0 amide bonds. The van der Waals surface area contributed by atoms with Crippen molar-refractivity contribution in [2.24, 2.45) is 0 Å². The lowest BCUT2D eigenvalue weighted by molar-refractivity contribution is 0.00780. The van der Waals surface area contributed by atoms with Crippen LogP contribution >= 0.6 is 11.8 Å². The Morgan fingerprint density at radius 1 is 1.26 bits per heavy atom. The molecule has 2 N–H and O–H groups in total. The number of hydrogen-bond acceptors (Lipinski definition) is 5. The zero-order valence-corrected chi connectivity index (χ0v) is 11.8. The molecule has 0 bridgehead atoms. The van der Waals surface area contributed by atoms with Crippen molar-refractivity contribution in [3.8, 4) is 0 Å². The number of ether oxygens (including phenoxy) is 1. The van der Waals surface area contributed by atoms with Crippen LogP contribution in [0.1, 0.15) is 50.5 Å². The first kappa shape index (κ1) is 13.0. The molecule has 6 heteroatoms. The fourth-order valence-corrected chi connectivity index (χ4v) is 3.59. The lowest BCUT2D eigenvalue weighted by Gasteiger charge is -2.21. The van der Waals surface area contributed by atoms with Gasteiger partial charge in [-0.15, -0.1) is 10.2 Å². The van der Waals surface area contributed by atoms with Crippen LogP contribution in [-0.2, 0) is 4.74 Å². The van der Waals surface area contributed by atoms with Crippen molar-refractivity contribution in [2.75, 3.05) is 12.4 Å². The van der Waals surface area contributed by atoms with Crippen LogP contribution in [0.25, 0.3) is 0 Å². The monoisotopic (exact) mass is 280 g/mol. The van der Waals surface area contributed by atoms with Crippen LogP contribution in [0.5, 0.6) is 0 Å². The number of allylic oxidation sites excluding steroid dienone is 1. The van der Waals surface area contributed by atoms with Crippen LogP contribution in [-0.4, -0.2) is 26.7 Å². The van der Waals surface area contributed by atoms with Gasteiger partial charge in [-0.3, -0.25) is 0 Å². The quantitative estimate of drug-likeness (QED) is 0.680. The Morgan fingerprint density at radius 3 is 2.95 bits per heavy atom. The smallest absolute Gasteiger partial charge is 0.210 e. The van der Waals surface area contributed by atoms with E-state index in [1.54, 1.807) is 16.4 Å².